The SMILES string of the molecule is CC(C)[C@@H](OC(=O)N1CCC1)C1C[C@@H](C)[C@H]2C(O1)[C@H](O)[C@@]1(C)C3CC[C@H]4C(C)(C)[C@@H](OC(=O)N5CCN(C6COC6)CC5)CC[C@@]45C[C@@]35CC[C@]21C. The fraction of sp³-hybridized carbons (Fsp3) is 0.952. The van der Waals surface area contributed by atoms with E-state index in [9.17, 15) is 14.7 Å². The lowest BCUT2D eigenvalue weighted by molar-refractivity contribution is -0.185. The van der Waals surface area contributed by atoms with Crippen molar-refractivity contribution in [3.8, 4) is 0 Å². The zero-order chi connectivity index (χ0) is 36.6. The summed E-state index contributed by atoms with van der Waals surface area (Å²) in [5.41, 5.74) is 0.137. The van der Waals surface area contributed by atoms with Crippen molar-refractivity contribution < 1.29 is 33.6 Å². The second kappa shape index (κ2) is 12.2. The van der Waals surface area contributed by atoms with Gasteiger partial charge < -0.3 is 33.9 Å². The topological polar surface area (TPSA) is 101 Å². The summed E-state index contributed by atoms with van der Waals surface area (Å²) in [7, 11) is 0. The van der Waals surface area contributed by atoms with Crippen LogP contribution in [0.5, 0.6) is 0 Å². The minimum absolute atomic E-state index is 0.0203. The van der Waals surface area contributed by atoms with Crippen LogP contribution in [0.2, 0.25) is 0 Å². The molecule has 13 atom stereocenters. The van der Waals surface area contributed by atoms with Crippen LogP contribution in [0.15, 0.2) is 0 Å². The lowest BCUT2D eigenvalue weighted by Gasteiger charge is -2.63. The second-order valence-corrected chi connectivity index (χ2v) is 20.6. The molecule has 1 N–H and O–H groups in total. The van der Waals surface area contributed by atoms with Crippen molar-refractivity contribution in [2.75, 3.05) is 52.5 Å². The Kier molecular flexibility index (Phi) is 8.45. The highest BCUT2D eigenvalue weighted by Crippen LogP contribution is 2.89. The number of likely N-dealkylation sites (tertiary alicyclic amines) is 1. The molecule has 9 aliphatic rings. The molecule has 4 aliphatic heterocycles. The maximum absolute atomic E-state index is 13.6. The smallest absolute Gasteiger partial charge is 0.410 e. The van der Waals surface area contributed by atoms with Gasteiger partial charge in [-0.05, 0) is 104 Å². The van der Waals surface area contributed by atoms with Crippen molar-refractivity contribution in [1.29, 1.82) is 0 Å². The average molecular weight is 726 g/mol. The third-order valence-corrected chi connectivity index (χ3v) is 18.1. The van der Waals surface area contributed by atoms with Crippen molar-refractivity contribution in [3.05, 3.63) is 0 Å². The van der Waals surface area contributed by atoms with Gasteiger partial charge in [-0.25, -0.2) is 9.59 Å². The van der Waals surface area contributed by atoms with Gasteiger partial charge in [-0.15, -0.1) is 0 Å². The van der Waals surface area contributed by atoms with E-state index in [-0.39, 0.29) is 75.5 Å². The quantitative estimate of drug-likeness (QED) is 0.359. The maximum atomic E-state index is 13.6. The van der Waals surface area contributed by atoms with E-state index in [1.807, 2.05) is 4.90 Å². The normalized spacial score (nSPS) is 48.6. The summed E-state index contributed by atoms with van der Waals surface area (Å²) in [5.74, 6) is 1.74. The highest BCUT2D eigenvalue weighted by atomic mass is 16.6. The molecule has 0 aromatic rings. The lowest BCUT2D eigenvalue weighted by atomic mass is 9.41. The molecule has 0 radical (unpaired) electrons. The molecule has 3 unspecified atom stereocenters. The molecular formula is C42H67N3O7. The van der Waals surface area contributed by atoms with Gasteiger partial charge in [0.15, 0.2) is 0 Å². The minimum atomic E-state index is -0.550. The number of nitrogens with zero attached hydrogens (tertiary/aromatic N) is 3. The Hall–Kier alpha value is -1.62. The van der Waals surface area contributed by atoms with E-state index in [0.717, 1.165) is 97.4 Å². The van der Waals surface area contributed by atoms with Gasteiger partial charge in [0.05, 0.1) is 37.6 Å². The first-order valence-electron chi connectivity index (χ1n) is 21.2. The highest BCUT2D eigenvalue weighted by Gasteiger charge is 2.85. The lowest BCUT2D eigenvalue weighted by Crippen LogP contribution is -2.60. The number of aliphatic hydroxyl groups excluding tert-OH is 1. The number of fused-ring (bicyclic) bond motifs is 4. The Morgan fingerprint density at radius 3 is 2.15 bits per heavy atom. The van der Waals surface area contributed by atoms with Crippen molar-refractivity contribution in [2.24, 2.45) is 56.7 Å². The summed E-state index contributed by atoms with van der Waals surface area (Å²) < 4.78 is 25.1. The van der Waals surface area contributed by atoms with Crippen LogP contribution >= 0.6 is 0 Å². The van der Waals surface area contributed by atoms with Crippen LogP contribution in [0.1, 0.15) is 106 Å². The number of carbonyl (C=O) groups is 2. The molecule has 0 bridgehead atoms. The van der Waals surface area contributed by atoms with Crippen LogP contribution < -0.4 is 0 Å². The zero-order valence-corrected chi connectivity index (χ0v) is 33.1. The van der Waals surface area contributed by atoms with Crippen molar-refractivity contribution in [1.82, 2.24) is 14.7 Å². The first-order chi connectivity index (χ1) is 24.7. The zero-order valence-electron chi connectivity index (χ0n) is 33.1. The molecule has 52 heavy (non-hydrogen) atoms. The number of aliphatic hydroxyl groups is 1. The predicted octanol–water partition coefficient (Wildman–Crippen LogP) is 6.19. The van der Waals surface area contributed by atoms with Crippen molar-refractivity contribution >= 4 is 12.2 Å². The summed E-state index contributed by atoms with van der Waals surface area (Å²) in [5, 5.41) is 12.7. The third-order valence-electron chi connectivity index (χ3n) is 18.1. The molecule has 0 aromatic carbocycles. The molecule has 0 aromatic heterocycles. The van der Waals surface area contributed by atoms with Crippen LogP contribution in [-0.4, -0.2) is 121 Å². The van der Waals surface area contributed by atoms with E-state index in [1.54, 1.807) is 4.90 Å². The Morgan fingerprint density at radius 2 is 1.52 bits per heavy atom. The summed E-state index contributed by atoms with van der Waals surface area (Å²) in [4.78, 5) is 32.7. The van der Waals surface area contributed by atoms with Crippen LogP contribution in [0.3, 0.4) is 0 Å². The molecule has 9 rings (SSSR count). The molecule has 4 heterocycles. The van der Waals surface area contributed by atoms with Gasteiger partial charge >= 0.3 is 12.2 Å². The monoisotopic (exact) mass is 725 g/mol. The molecule has 5 aliphatic carbocycles. The number of hydrogen-bond acceptors (Lipinski definition) is 8. The number of ether oxygens (including phenoxy) is 4. The molecule has 5 saturated carbocycles. The van der Waals surface area contributed by atoms with Gasteiger partial charge in [0, 0.05) is 50.1 Å². The van der Waals surface area contributed by atoms with Crippen LogP contribution in [-0.2, 0) is 18.9 Å². The van der Waals surface area contributed by atoms with Gasteiger partial charge in [0.1, 0.15) is 12.2 Å². The largest absolute Gasteiger partial charge is 0.446 e. The van der Waals surface area contributed by atoms with Crippen LogP contribution in [0.4, 0.5) is 9.59 Å². The van der Waals surface area contributed by atoms with E-state index in [1.165, 1.54) is 12.8 Å². The Labute approximate surface area is 312 Å². The standard InChI is InChI=1S/C42H67N3O7/c1-25(2)33(52-37(48)44-15-8-16-44)28-21-26(3)32-34(50-28)35(46)40(7)30-10-9-29-38(4,5)31(11-12-41(29)24-42(30,41)14-13-39(32,40)6)51-36(47)45-19-17-43(18-20-45)27-22-49-23-27/h25-35,46H,8-24H2,1-7H3/t26-,28?,29+,30?,31+,32+,33-,34?,35+,39-,40-,41-,42+/m1/s1. The van der Waals surface area contributed by atoms with E-state index >= 15 is 0 Å². The number of piperazine rings is 1. The minimum Gasteiger partial charge on any atom is -0.446 e. The highest BCUT2D eigenvalue weighted by molar-refractivity contribution is 5.69. The maximum Gasteiger partial charge on any atom is 0.410 e. The number of hydrogen-bond donors (Lipinski definition) is 1. The van der Waals surface area contributed by atoms with E-state index < -0.39 is 6.10 Å². The molecule has 4 saturated heterocycles. The second-order valence-electron chi connectivity index (χ2n) is 20.6. The van der Waals surface area contributed by atoms with Gasteiger partial charge in [0.2, 0.25) is 0 Å². The van der Waals surface area contributed by atoms with Crippen LogP contribution in [0, 0.1) is 56.7 Å². The van der Waals surface area contributed by atoms with Gasteiger partial charge in [0.25, 0.3) is 0 Å². The summed E-state index contributed by atoms with van der Waals surface area (Å²) in [6.45, 7) is 22.8. The fourth-order valence-corrected chi connectivity index (χ4v) is 15.0. The van der Waals surface area contributed by atoms with Gasteiger partial charge in [-0.1, -0.05) is 48.5 Å². The molecule has 2 amide bonds. The molecular weight excluding hydrogens is 658 g/mol. The Bertz CT molecular complexity index is 1430. The summed E-state index contributed by atoms with van der Waals surface area (Å²) >= 11 is 0. The summed E-state index contributed by atoms with van der Waals surface area (Å²) in [6.07, 6.45) is 8.06. The number of rotatable bonds is 5. The molecule has 2 spiro atoms. The third kappa shape index (κ3) is 4.80. The van der Waals surface area contributed by atoms with E-state index in [2.05, 4.69) is 53.4 Å². The molecule has 292 valence electrons. The summed E-state index contributed by atoms with van der Waals surface area (Å²) in [6, 6.07) is 0.512. The molecule has 9 fully saturated rings. The molecule has 10 heteroatoms. The Morgan fingerprint density at radius 1 is 0.846 bits per heavy atom. The predicted molar refractivity (Wildman–Crippen MR) is 195 cm³/mol. The first-order valence-corrected chi connectivity index (χ1v) is 21.2. The Balaban J connectivity index is 0.909. The van der Waals surface area contributed by atoms with Crippen molar-refractivity contribution in [2.45, 2.75) is 143 Å². The van der Waals surface area contributed by atoms with Gasteiger partial charge in [-0.2, -0.15) is 0 Å². The first kappa shape index (κ1) is 36.0. The molecule has 10 nitrogen and oxygen atoms in total. The van der Waals surface area contributed by atoms with Gasteiger partial charge in [-0.3, -0.25) is 4.90 Å². The van der Waals surface area contributed by atoms with E-state index in [0.29, 0.717) is 23.8 Å². The van der Waals surface area contributed by atoms with Crippen molar-refractivity contribution in [3.63, 3.8) is 0 Å². The number of amides is 2. The van der Waals surface area contributed by atoms with Crippen LogP contribution in [0.25, 0.3) is 0 Å². The number of carbonyl (C=O) groups excluding carboxylic acids is 2. The average Bonchev–Trinajstić information content (AvgIpc) is 3.68. The fourth-order valence-electron chi connectivity index (χ4n) is 15.0. The van der Waals surface area contributed by atoms with E-state index in [4.69, 9.17) is 18.9 Å².